The second-order valence-corrected chi connectivity index (χ2v) is 10.3. The number of para-hydroxylation sites is 2. The predicted octanol–water partition coefficient (Wildman–Crippen LogP) is 5.15. The first-order valence-corrected chi connectivity index (χ1v) is 12.3. The number of nitrogens with two attached hydrogens (primary N) is 1. The molecule has 0 amide bonds. The van der Waals surface area contributed by atoms with E-state index in [1.54, 1.807) is 61.7 Å². The zero-order chi connectivity index (χ0) is 24.0. The second-order valence-electron chi connectivity index (χ2n) is 7.98. The standard InChI is InChI=1S/C25H20ClN5O2S/c1-15-7-8-16(2)21(13-15)34(32,33)23-22-25(30-20-6-4-3-5-19(20)29-22)31(24(23)27)28-14-17-9-11-18(26)12-10-17/h3-14H,27H2,1-2H3/b28-14-. The average Bonchev–Trinajstić information content (AvgIpc) is 3.09. The van der Waals surface area contributed by atoms with Gasteiger partial charge in [0.1, 0.15) is 16.2 Å². The highest BCUT2D eigenvalue weighted by Crippen LogP contribution is 2.36. The van der Waals surface area contributed by atoms with Gasteiger partial charge in [-0.1, -0.05) is 48.0 Å². The van der Waals surface area contributed by atoms with Crippen molar-refractivity contribution in [3.05, 3.63) is 88.4 Å². The summed E-state index contributed by atoms with van der Waals surface area (Å²) in [5, 5.41) is 5.06. The number of benzene rings is 3. The van der Waals surface area contributed by atoms with Crippen molar-refractivity contribution in [1.29, 1.82) is 0 Å². The molecule has 2 heterocycles. The number of nitrogen functional groups attached to an aromatic ring is 1. The molecular weight excluding hydrogens is 470 g/mol. The summed E-state index contributed by atoms with van der Waals surface area (Å²) < 4.78 is 29.1. The smallest absolute Gasteiger partial charge is 0.212 e. The third-order valence-corrected chi connectivity index (χ3v) is 7.73. The molecule has 5 aromatic rings. The lowest BCUT2D eigenvalue weighted by Crippen LogP contribution is -2.08. The van der Waals surface area contributed by atoms with Crippen LogP contribution >= 0.6 is 11.6 Å². The number of sulfone groups is 1. The van der Waals surface area contributed by atoms with Crippen LogP contribution < -0.4 is 5.73 Å². The van der Waals surface area contributed by atoms with Crippen molar-refractivity contribution in [2.24, 2.45) is 5.10 Å². The van der Waals surface area contributed by atoms with E-state index in [2.05, 4.69) is 15.1 Å². The average molecular weight is 490 g/mol. The van der Waals surface area contributed by atoms with E-state index in [1.807, 2.05) is 25.1 Å². The Morgan fingerprint density at radius 1 is 0.971 bits per heavy atom. The van der Waals surface area contributed by atoms with Gasteiger partial charge in [0.05, 0.1) is 22.1 Å². The minimum absolute atomic E-state index is 0.0589. The monoisotopic (exact) mass is 489 g/mol. The number of halogens is 1. The van der Waals surface area contributed by atoms with Crippen molar-refractivity contribution in [1.82, 2.24) is 14.6 Å². The molecule has 0 saturated carbocycles. The Balaban J connectivity index is 1.81. The molecule has 0 unspecified atom stereocenters. The number of nitrogens with zero attached hydrogens (tertiary/aromatic N) is 4. The molecule has 0 atom stereocenters. The number of rotatable bonds is 4. The van der Waals surface area contributed by atoms with Gasteiger partial charge in [-0.25, -0.2) is 18.4 Å². The topological polar surface area (TPSA) is 103 Å². The van der Waals surface area contributed by atoms with Gasteiger partial charge in [-0.3, -0.25) is 0 Å². The summed E-state index contributed by atoms with van der Waals surface area (Å²) >= 11 is 5.97. The lowest BCUT2D eigenvalue weighted by atomic mass is 10.2. The Bertz CT molecular complexity index is 1710. The Morgan fingerprint density at radius 3 is 2.35 bits per heavy atom. The van der Waals surface area contributed by atoms with Crippen molar-refractivity contribution in [2.75, 3.05) is 5.73 Å². The maximum Gasteiger partial charge on any atom is 0.212 e. The Hall–Kier alpha value is -3.75. The fraction of sp³-hybridized carbons (Fsp3) is 0.0800. The van der Waals surface area contributed by atoms with E-state index in [0.29, 0.717) is 21.6 Å². The van der Waals surface area contributed by atoms with E-state index in [4.69, 9.17) is 17.3 Å². The van der Waals surface area contributed by atoms with Crippen LogP contribution in [0.25, 0.3) is 22.2 Å². The van der Waals surface area contributed by atoms with E-state index in [-0.39, 0.29) is 26.8 Å². The molecule has 0 fully saturated rings. The number of aryl methyl sites for hydroxylation is 2. The van der Waals surface area contributed by atoms with Gasteiger partial charge in [0.15, 0.2) is 5.65 Å². The van der Waals surface area contributed by atoms with Crippen LogP contribution in [0.3, 0.4) is 0 Å². The van der Waals surface area contributed by atoms with E-state index in [9.17, 15) is 8.42 Å². The van der Waals surface area contributed by atoms with Crippen LogP contribution in [-0.2, 0) is 9.84 Å². The minimum Gasteiger partial charge on any atom is -0.382 e. The normalized spacial score (nSPS) is 12.2. The van der Waals surface area contributed by atoms with Crippen LogP contribution in [0.5, 0.6) is 0 Å². The molecule has 3 aromatic carbocycles. The van der Waals surface area contributed by atoms with Crippen molar-refractivity contribution in [3.63, 3.8) is 0 Å². The summed E-state index contributed by atoms with van der Waals surface area (Å²) in [5.41, 5.74) is 10.2. The number of aromatic nitrogens is 3. The van der Waals surface area contributed by atoms with Crippen LogP contribution in [0.4, 0.5) is 5.82 Å². The highest BCUT2D eigenvalue weighted by Gasteiger charge is 2.31. The summed E-state index contributed by atoms with van der Waals surface area (Å²) in [6, 6.07) is 19.6. The number of anilines is 1. The molecule has 5 rings (SSSR count). The molecule has 0 aliphatic carbocycles. The molecule has 0 aliphatic rings. The van der Waals surface area contributed by atoms with Crippen molar-refractivity contribution >= 4 is 55.7 Å². The molecule has 0 spiro atoms. The van der Waals surface area contributed by atoms with E-state index >= 15 is 0 Å². The van der Waals surface area contributed by atoms with Crippen molar-refractivity contribution in [2.45, 2.75) is 23.6 Å². The number of hydrogen-bond acceptors (Lipinski definition) is 6. The molecule has 0 saturated heterocycles. The van der Waals surface area contributed by atoms with Gasteiger partial charge in [0.2, 0.25) is 9.84 Å². The lowest BCUT2D eigenvalue weighted by molar-refractivity contribution is 0.596. The highest BCUT2D eigenvalue weighted by molar-refractivity contribution is 7.92. The van der Waals surface area contributed by atoms with Gasteiger partial charge in [0.25, 0.3) is 0 Å². The Labute approximate surface area is 201 Å². The maximum absolute atomic E-state index is 13.9. The third kappa shape index (κ3) is 3.70. The van der Waals surface area contributed by atoms with E-state index < -0.39 is 9.84 Å². The van der Waals surface area contributed by atoms with Gasteiger partial charge in [-0.2, -0.15) is 9.78 Å². The molecule has 0 bridgehead atoms. The Kier molecular flexibility index (Phi) is 5.34. The fourth-order valence-corrected chi connectivity index (χ4v) is 5.72. The molecule has 7 nitrogen and oxygen atoms in total. The fourth-order valence-electron chi connectivity index (χ4n) is 3.78. The van der Waals surface area contributed by atoms with Crippen LogP contribution in [-0.4, -0.2) is 29.3 Å². The predicted molar refractivity (Wildman–Crippen MR) is 135 cm³/mol. The zero-order valence-electron chi connectivity index (χ0n) is 18.4. The van der Waals surface area contributed by atoms with E-state index in [0.717, 1.165) is 11.1 Å². The number of fused-ring (bicyclic) bond motifs is 2. The van der Waals surface area contributed by atoms with Gasteiger partial charge >= 0.3 is 0 Å². The Morgan fingerprint density at radius 2 is 1.65 bits per heavy atom. The first kappa shape index (κ1) is 22.1. The van der Waals surface area contributed by atoms with Crippen molar-refractivity contribution < 1.29 is 8.42 Å². The molecule has 2 N–H and O–H groups in total. The van der Waals surface area contributed by atoms with Gasteiger partial charge in [-0.05, 0) is 60.9 Å². The van der Waals surface area contributed by atoms with Gasteiger partial charge in [0, 0.05) is 5.02 Å². The van der Waals surface area contributed by atoms with Gasteiger partial charge in [-0.15, -0.1) is 0 Å². The zero-order valence-corrected chi connectivity index (χ0v) is 20.0. The third-order valence-electron chi connectivity index (χ3n) is 5.52. The largest absolute Gasteiger partial charge is 0.382 e. The van der Waals surface area contributed by atoms with Crippen molar-refractivity contribution in [3.8, 4) is 0 Å². The lowest BCUT2D eigenvalue weighted by Gasteiger charge is -2.09. The van der Waals surface area contributed by atoms with E-state index in [1.165, 1.54) is 4.68 Å². The maximum atomic E-state index is 13.9. The summed E-state index contributed by atoms with van der Waals surface area (Å²) in [5.74, 6) is -0.0589. The highest BCUT2D eigenvalue weighted by atomic mass is 35.5. The molecule has 0 aliphatic heterocycles. The second kappa shape index (κ2) is 8.23. The first-order chi connectivity index (χ1) is 16.3. The summed E-state index contributed by atoms with van der Waals surface area (Å²) in [7, 11) is -4.03. The first-order valence-electron chi connectivity index (χ1n) is 10.4. The van der Waals surface area contributed by atoms with Gasteiger partial charge < -0.3 is 5.73 Å². The summed E-state index contributed by atoms with van der Waals surface area (Å²) in [4.78, 5) is 9.36. The van der Waals surface area contributed by atoms with Crippen LogP contribution in [0, 0.1) is 13.8 Å². The molecule has 9 heteroatoms. The van der Waals surface area contributed by atoms with Crippen LogP contribution in [0.2, 0.25) is 5.02 Å². The summed E-state index contributed by atoms with van der Waals surface area (Å²) in [6.45, 7) is 3.59. The van der Waals surface area contributed by atoms with Crippen LogP contribution in [0.1, 0.15) is 16.7 Å². The molecule has 34 heavy (non-hydrogen) atoms. The number of hydrogen-bond donors (Lipinski definition) is 1. The molecule has 170 valence electrons. The minimum atomic E-state index is -4.03. The molecule has 2 aromatic heterocycles. The summed E-state index contributed by atoms with van der Waals surface area (Å²) in [6.07, 6.45) is 1.57. The quantitative estimate of drug-likeness (QED) is 0.351. The molecular formula is C25H20ClN5O2S. The molecule has 0 radical (unpaired) electrons. The SMILES string of the molecule is Cc1ccc(C)c(S(=O)(=O)c2c(N)n(/N=C\c3ccc(Cl)cc3)c3nc4ccccc4nc23)c1. The van der Waals surface area contributed by atoms with Crippen LogP contribution in [0.15, 0.2) is 81.6 Å².